The van der Waals surface area contributed by atoms with Crippen LogP contribution in [0.1, 0.15) is 29.0 Å². The van der Waals surface area contributed by atoms with E-state index in [1.54, 1.807) is 11.3 Å². The summed E-state index contributed by atoms with van der Waals surface area (Å²) in [5.41, 5.74) is 3.20. The number of hydrogen-bond donors (Lipinski definition) is 0. The Morgan fingerprint density at radius 3 is 2.72 bits per heavy atom. The van der Waals surface area contributed by atoms with Crippen molar-refractivity contribution in [3.63, 3.8) is 0 Å². The van der Waals surface area contributed by atoms with E-state index in [1.807, 2.05) is 6.92 Å². The minimum atomic E-state index is -0.218. The van der Waals surface area contributed by atoms with Crippen molar-refractivity contribution in [2.75, 3.05) is 0 Å². The van der Waals surface area contributed by atoms with Gasteiger partial charge < -0.3 is 0 Å². The molecule has 0 saturated heterocycles. The van der Waals surface area contributed by atoms with E-state index in [4.69, 9.17) is 0 Å². The molecule has 2 nitrogen and oxygen atoms in total. The molecule has 1 fully saturated rings. The Kier molecular flexibility index (Phi) is 2.49. The van der Waals surface area contributed by atoms with Crippen LogP contribution in [0.4, 0.5) is 0 Å². The Balaban J connectivity index is 2.06. The molecule has 0 bridgehead atoms. The molecule has 0 amide bonds. The van der Waals surface area contributed by atoms with Gasteiger partial charge in [0.2, 0.25) is 0 Å². The van der Waals surface area contributed by atoms with Crippen LogP contribution in [0.25, 0.3) is 10.6 Å². The zero-order valence-corrected chi connectivity index (χ0v) is 11.3. The summed E-state index contributed by atoms with van der Waals surface area (Å²) in [5, 5.41) is 10.3. The van der Waals surface area contributed by atoms with Crippen molar-refractivity contribution in [2.24, 2.45) is 0 Å². The van der Waals surface area contributed by atoms with Crippen LogP contribution in [0.2, 0.25) is 0 Å². The van der Waals surface area contributed by atoms with Crippen molar-refractivity contribution in [3.8, 4) is 16.6 Å². The third kappa shape index (κ3) is 1.74. The molecule has 1 aliphatic carbocycles. The molecule has 0 atom stereocenters. The SMILES string of the molecule is Cc1cccc(-c2nc(C)c(C3(C#N)CC3)s2)c1. The molecule has 1 saturated carbocycles. The molecule has 0 spiro atoms. The van der Waals surface area contributed by atoms with Crippen LogP contribution in [0.3, 0.4) is 0 Å². The Hall–Kier alpha value is -1.66. The second-order valence-corrected chi connectivity index (χ2v) is 6.00. The second-order valence-electron chi connectivity index (χ2n) is 5.00. The van der Waals surface area contributed by atoms with Gasteiger partial charge in [-0.25, -0.2) is 4.98 Å². The maximum atomic E-state index is 9.29. The van der Waals surface area contributed by atoms with Gasteiger partial charge in [-0.1, -0.05) is 23.8 Å². The molecule has 1 aliphatic rings. The number of benzene rings is 1. The average Bonchev–Trinajstić information content (AvgIpc) is 3.06. The Morgan fingerprint density at radius 2 is 2.11 bits per heavy atom. The molecule has 18 heavy (non-hydrogen) atoms. The smallest absolute Gasteiger partial charge is 0.123 e. The Bertz CT molecular complexity index is 645. The number of hydrogen-bond acceptors (Lipinski definition) is 3. The van der Waals surface area contributed by atoms with E-state index in [0.717, 1.165) is 29.1 Å². The van der Waals surface area contributed by atoms with Crippen molar-refractivity contribution in [2.45, 2.75) is 32.1 Å². The first-order valence-electron chi connectivity index (χ1n) is 6.11. The van der Waals surface area contributed by atoms with E-state index in [1.165, 1.54) is 10.4 Å². The first-order valence-corrected chi connectivity index (χ1v) is 6.92. The molecule has 3 heteroatoms. The van der Waals surface area contributed by atoms with Crippen LogP contribution < -0.4 is 0 Å². The molecule has 0 aliphatic heterocycles. The third-order valence-corrected chi connectivity index (χ3v) is 4.87. The molecule has 3 rings (SSSR count). The van der Waals surface area contributed by atoms with Crippen LogP contribution in [0.15, 0.2) is 24.3 Å². The van der Waals surface area contributed by atoms with Crippen molar-refractivity contribution >= 4 is 11.3 Å². The van der Waals surface area contributed by atoms with Crippen LogP contribution in [0.5, 0.6) is 0 Å². The average molecular weight is 254 g/mol. The number of rotatable bonds is 2. The zero-order valence-electron chi connectivity index (χ0n) is 10.5. The summed E-state index contributed by atoms with van der Waals surface area (Å²) in [6.07, 6.45) is 1.97. The number of nitriles is 1. The standard InChI is InChI=1S/C15H14N2S/c1-10-4-3-5-12(8-10)14-17-11(2)13(18-14)15(9-16)6-7-15/h3-5,8H,6-7H2,1-2H3. The van der Waals surface area contributed by atoms with E-state index < -0.39 is 0 Å². The molecule has 0 radical (unpaired) electrons. The summed E-state index contributed by atoms with van der Waals surface area (Å²) in [6.45, 7) is 4.10. The fourth-order valence-electron chi connectivity index (χ4n) is 2.26. The van der Waals surface area contributed by atoms with Gasteiger partial charge in [-0.15, -0.1) is 11.3 Å². The van der Waals surface area contributed by atoms with E-state index in [2.05, 4.69) is 42.2 Å². The maximum Gasteiger partial charge on any atom is 0.123 e. The van der Waals surface area contributed by atoms with Gasteiger partial charge in [-0.3, -0.25) is 0 Å². The summed E-state index contributed by atoms with van der Waals surface area (Å²) in [4.78, 5) is 5.81. The van der Waals surface area contributed by atoms with Gasteiger partial charge in [0.15, 0.2) is 0 Å². The monoisotopic (exact) mass is 254 g/mol. The number of aryl methyl sites for hydroxylation is 2. The fourth-order valence-corrected chi connectivity index (χ4v) is 3.52. The Morgan fingerprint density at radius 1 is 1.33 bits per heavy atom. The second kappa shape index (κ2) is 3.93. The van der Waals surface area contributed by atoms with Crippen LogP contribution >= 0.6 is 11.3 Å². The number of aromatic nitrogens is 1. The van der Waals surface area contributed by atoms with E-state index in [9.17, 15) is 5.26 Å². The lowest BCUT2D eigenvalue weighted by Crippen LogP contribution is -2.01. The molecular weight excluding hydrogens is 240 g/mol. The van der Waals surface area contributed by atoms with Gasteiger partial charge in [0, 0.05) is 10.4 Å². The third-order valence-electron chi connectivity index (χ3n) is 3.46. The van der Waals surface area contributed by atoms with Crippen LogP contribution in [-0.4, -0.2) is 4.98 Å². The van der Waals surface area contributed by atoms with Crippen molar-refractivity contribution in [1.29, 1.82) is 5.26 Å². The molecule has 0 unspecified atom stereocenters. The van der Waals surface area contributed by atoms with Crippen molar-refractivity contribution < 1.29 is 0 Å². The highest BCUT2D eigenvalue weighted by molar-refractivity contribution is 7.15. The van der Waals surface area contributed by atoms with Gasteiger partial charge in [0.25, 0.3) is 0 Å². The molecular formula is C15H14N2S. The van der Waals surface area contributed by atoms with Crippen LogP contribution in [-0.2, 0) is 5.41 Å². The first-order chi connectivity index (χ1) is 8.64. The van der Waals surface area contributed by atoms with E-state index >= 15 is 0 Å². The van der Waals surface area contributed by atoms with Crippen molar-refractivity contribution in [1.82, 2.24) is 4.98 Å². The van der Waals surface area contributed by atoms with Crippen LogP contribution in [0, 0.1) is 25.2 Å². The minimum absolute atomic E-state index is 0.218. The summed E-state index contributed by atoms with van der Waals surface area (Å²) >= 11 is 1.68. The first kappa shape index (κ1) is 11.4. The van der Waals surface area contributed by atoms with Gasteiger partial charge in [0.1, 0.15) is 5.01 Å². The van der Waals surface area contributed by atoms with Gasteiger partial charge >= 0.3 is 0 Å². The lowest BCUT2D eigenvalue weighted by atomic mass is 10.1. The normalized spacial score (nSPS) is 16.3. The van der Waals surface area contributed by atoms with Gasteiger partial charge in [-0.2, -0.15) is 5.26 Å². The molecule has 1 heterocycles. The molecule has 1 aromatic heterocycles. The Labute approximate surface area is 111 Å². The molecule has 90 valence electrons. The highest BCUT2D eigenvalue weighted by atomic mass is 32.1. The molecule has 1 aromatic carbocycles. The predicted molar refractivity (Wildman–Crippen MR) is 73.5 cm³/mol. The van der Waals surface area contributed by atoms with Gasteiger partial charge in [0.05, 0.1) is 17.2 Å². The molecule has 2 aromatic rings. The number of thiazole rings is 1. The van der Waals surface area contributed by atoms with E-state index in [-0.39, 0.29) is 5.41 Å². The fraction of sp³-hybridized carbons (Fsp3) is 0.333. The predicted octanol–water partition coefficient (Wildman–Crippen LogP) is 3.98. The van der Waals surface area contributed by atoms with Crippen molar-refractivity contribution in [3.05, 3.63) is 40.4 Å². The summed E-state index contributed by atoms with van der Waals surface area (Å²) in [5.74, 6) is 0. The zero-order chi connectivity index (χ0) is 12.8. The molecule has 0 N–H and O–H groups in total. The summed E-state index contributed by atoms with van der Waals surface area (Å²) < 4.78 is 0. The lowest BCUT2D eigenvalue weighted by Gasteiger charge is -2.01. The topological polar surface area (TPSA) is 36.7 Å². The highest BCUT2D eigenvalue weighted by Crippen LogP contribution is 2.51. The van der Waals surface area contributed by atoms with Gasteiger partial charge in [-0.05, 0) is 32.8 Å². The maximum absolute atomic E-state index is 9.29. The largest absolute Gasteiger partial charge is 0.241 e. The van der Waals surface area contributed by atoms with E-state index in [0.29, 0.717) is 0 Å². The summed E-state index contributed by atoms with van der Waals surface area (Å²) in [6, 6.07) is 10.8. The summed E-state index contributed by atoms with van der Waals surface area (Å²) in [7, 11) is 0. The highest BCUT2D eigenvalue weighted by Gasteiger charge is 2.47. The minimum Gasteiger partial charge on any atom is -0.241 e. The quantitative estimate of drug-likeness (QED) is 0.812. The number of nitrogens with zero attached hydrogens (tertiary/aromatic N) is 2. The lowest BCUT2D eigenvalue weighted by molar-refractivity contribution is 0.914.